The van der Waals surface area contributed by atoms with Crippen LogP contribution in [0.4, 0.5) is 0 Å². The van der Waals surface area contributed by atoms with Crippen LogP contribution in [-0.2, 0) is 7.05 Å². The molecule has 2 nitrogen and oxygen atoms in total. The number of aryl methyl sites for hydroxylation is 1. The predicted octanol–water partition coefficient (Wildman–Crippen LogP) is 1.87. The molecule has 0 saturated carbocycles. The summed E-state index contributed by atoms with van der Waals surface area (Å²) in [5.74, 6) is 0. The van der Waals surface area contributed by atoms with E-state index in [-0.39, 0.29) is 0 Å². The first kappa shape index (κ1) is 8.40. The Hall–Kier alpha value is -0.700. The van der Waals surface area contributed by atoms with E-state index >= 15 is 0 Å². The van der Waals surface area contributed by atoms with E-state index in [0.29, 0.717) is 0 Å². The predicted molar refractivity (Wildman–Crippen MR) is 47.3 cm³/mol. The Bertz CT molecular complexity index is 278. The van der Waals surface area contributed by atoms with Crippen molar-refractivity contribution >= 4 is 18.0 Å². The van der Waals surface area contributed by atoms with Crippen LogP contribution in [0.15, 0.2) is 11.1 Å². The Morgan fingerprint density at radius 3 is 2.55 bits per heavy atom. The minimum absolute atomic E-state index is 0.742. The van der Waals surface area contributed by atoms with Gasteiger partial charge in [0.1, 0.15) is 0 Å². The fourth-order valence-corrected chi connectivity index (χ4v) is 1.93. The Morgan fingerprint density at radius 2 is 2.27 bits per heavy atom. The van der Waals surface area contributed by atoms with Crippen LogP contribution < -0.4 is 0 Å². The molecule has 60 valence electrons. The van der Waals surface area contributed by atoms with Gasteiger partial charge < -0.3 is 4.57 Å². The molecule has 0 saturated heterocycles. The highest BCUT2D eigenvalue weighted by molar-refractivity contribution is 7.98. The van der Waals surface area contributed by atoms with Crippen LogP contribution in [0.1, 0.15) is 16.1 Å². The van der Waals surface area contributed by atoms with E-state index in [1.807, 2.05) is 30.9 Å². The summed E-state index contributed by atoms with van der Waals surface area (Å²) in [6.45, 7) is 2.01. The number of nitrogens with zero attached hydrogens (tertiary/aromatic N) is 1. The van der Waals surface area contributed by atoms with E-state index < -0.39 is 0 Å². The molecular formula is C8H11NOS. The van der Waals surface area contributed by atoms with Crippen LogP contribution in [0, 0.1) is 6.92 Å². The number of rotatable bonds is 2. The van der Waals surface area contributed by atoms with E-state index in [1.54, 1.807) is 11.8 Å². The molecule has 1 heterocycles. The summed E-state index contributed by atoms with van der Waals surface area (Å²) in [6, 6.07) is 1.90. The van der Waals surface area contributed by atoms with Gasteiger partial charge in [-0.2, -0.15) is 0 Å². The Balaban J connectivity index is 3.24. The topological polar surface area (TPSA) is 22.0 Å². The highest BCUT2D eigenvalue weighted by atomic mass is 32.2. The van der Waals surface area contributed by atoms with Crippen molar-refractivity contribution in [3.05, 3.63) is 17.3 Å². The summed E-state index contributed by atoms with van der Waals surface area (Å²) in [5.41, 5.74) is 1.91. The quantitative estimate of drug-likeness (QED) is 0.498. The first-order valence-corrected chi connectivity index (χ1v) is 4.58. The molecule has 0 atom stereocenters. The molecule has 0 amide bonds. The van der Waals surface area contributed by atoms with E-state index in [1.165, 1.54) is 5.56 Å². The zero-order chi connectivity index (χ0) is 8.43. The number of aldehydes is 1. The molecule has 1 rings (SSSR count). The van der Waals surface area contributed by atoms with Gasteiger partial charge >= 0.3 is 0 Å². The number of carbonyl (C=O) groups excluding carboxylic acids is 1. The average Bonchev–Trinajstić information content (AvgIpc) is 2.26. The van der Waals surface area contributed by atoms with E-state index in [9.17, 15) is 4.79 Å². The Morgan fingerprint density at radius 1 is 1.64 bits per heavy atom. The molecule has 0 unspecified atom stereocenters. The molecule has 1 aromatic rings. The third-order valence-corrected chi connectivity index (χ3v) is 2.69. The van der Waals surface area contributed by atoms with Crippen LogP contribution in [0.2, 0.25) is 0 Å². The minimum Gasteiger partial charge on any atom is -0.336 e. The van der Waals surface area contributed by atoms with Crippen molar-refractivity contribution in [3.8, 4) is 0 Å². The highest BCUT2D eigenvalue weighted by Gasteiger charge is 2.06. The summed E-state index contributed by atoms with van der Waals surface area (Å²) >= 11 is 1.66. The summed E-state index contributed by atoms with van der Waals surface area (Å²) in [4.78, 5) is 10.5. The first-order chi connectivity index (χ1) is 5.20. The van der Waals surface area contributed by atoms with Crippen LogP contribution in [0.3, 0.4) is 0 Å². The van der Waals surface area contributed by atoms with Crippen molar-refractivity contribution in [1.29, 1.82) is 0 Å². The number of hydrogen-bond acceptors (Lipinski definition) is 2. The Labute approximate surface area is 70.6 Å². The van der Waals surface area contributed by atoms with Crippen LogP contribution in [-0.4, -0.2) is 17.1 Å². The summed E-state index contributed by atoms with van der Waals surface area (Å²) < 4.78 is 1.91. The lowest BCUT2D eigenvalue weighted by Gasteiger charge is -2.00. The van der Waals surface area contributed by atoms with Crippen LogP contribution >= 0.6 is 11.8 Å². The molecule has 0 spiro atoms. The number of carbonyl (C=O) groups is 1. The van der Waals surface area contributed by atoms with Gasteiger partial charge in [0.05, 0.1) is 10.7 Å². The SMILES string of the molecule is CSc1c(C)cc(C=O)n1C. The second-order valence-corrected chi connectivity index (χ2v) is 3.23. The molecule has 0 bridgehead atoms. The molecule has 0 aliphatic carbocycles. The van der Waals surface area contributed by atoms with Gasteiger partial charge in [0, 0.05) is 7.05 Å². The van der Waals surface area contributed by atoms with Gasteiger partial charge in [-0.1, -0.05) is 0 Å². The van der Waals surface area contributed by atoms with E-state index in [0.717, 1.165) is 17.0 Å². The molecule has 0 N–H and O–H groups in total. The van der Waals surface area contributed by atoms with E-state index in [4.69, 9.17) is 0 Å². The van der Waals surface area contributed by atoms with Crippen molar-refractivity contribution in [2.75, 3.05) is 6.26 Å². The first-order valence-electron chi connectivity index (χ1n) is 3.36. The molecule has 1 aromatic heterocycles. The zero-order valence-electron chi connectivity index (χ0n) is 6.92. The van der Waals surface area contributed by atoms with Gasteiger partial charge in [-0.25, -0.2) is 0 Å². The lowest BCUT2D eigenvalue weighted by atomic mass is 10.3. The largest absolute Gasteiger partial charge is 0.336 e. The Kier molecular flexibility index (Phi) is 2.39. The smallest absolute Gasteiger partial charge is 0.166 e. The second-order valence-electron chi connectivity index (χ2n) is 2.44. The van der Waals surface area contributed by atoms with Gasteiger partial charge in [-0.05, 0) is 24.8 Å². The van der Waals surface area contributed by atoms with Gasteiger partial charge in [-0.3, -0.25) is 4.79 Å². The maximum Gasteiger partial charge on any atom is 0.166 e. The van der Waals surface area contributed by atoms with Gasteiger partial charge in [-0.15, -0.1) is 11.8 Å². The standard InChI is InChI=1S/C8H11NOS/c1-6-4-7(5-10)9(2)8(6)11-3/h4-5H,1-3H3. The van der Waals surface area contributed by atoms with Gasteiger partial charge in [0.2, 0.25) is 0 Å². The molecule has 0 aliphatic heterocycles. The maximum absolute atomic E-state index is 10.5. The van der Waals surface area contributed by atoms with Crippen molar-refractivity contribution < 1.29 is 4.79 Å². The molecule has 0 aliphatic rings. The molecule has 3 heteroatoms. The fourth-order valence-electron chi connectivity index (χ4n) is 1.17. The summed E-state index contributed by atoms with van der Waals surface area (Å²) in [6.07, 6.45) is 2.89. The lowest BCUT2D eigenvalue weighted by molar-refractivity contribution is 0.111. The van der Waals surface area contributed by atoms with Gasteiger partial charge in [0.15, 0.2) is 6.29 Å². The van der Waals surface area contributed by atoms with Crippen LogP contribution in [0.5, 0.6) is 0 Å². The molecule has 0 aromatic carbocycles. The molecule has 0 fully saturated rings. The monoisotopic (exact) mass is 169 g/mol. The third kappa shape index (κ3) is 1.33. The average molecular weight is 169 g/mol. The number of thioether (sulfide) groups is 1. The normalized spacial score (nSPS) is 10.1. The van der Waals surface area contributed by atoms with Crippen molar-refractivity contribution in [2.45, 2.75) is 11.9 Å². The van der Waals surface area contributed by atoms with Crippen molar-refractivity contribution in [1.82, 2.24) is 4.57 Å². The highest BCUT2D eigenvalue weighted by Crippen LogP contribution is 2.21. The van der Waals surface area contributed by atoms with Crippen molar-refractivity contribution in [3.63, 3.8) is 0 Å². The zero-order valence-corrected chi connectivity index (χ0v) is 7.73. The minimum atomic E-state index is 0.742. The third-order valence-electron chi connectivity index (χ3n) is 1.71. The molecule has 11 heavy (non-hydrogen) atoms. The number of hydrogen-bond donors (Lipinski definition) is 0. The van der Waals surface area contributed by atoms with Gasteiger partial charge in [0.25, 0.3) is 0 Å². The molecule has 0 radical (unpaired) electrons. The molecular weight excluding hydrogens is 158 g/mol. The van der Waals surface area contributed by atoms with Crippen LogP contribution in [0.25, 0.3) is 0 Å². The van der Waals surface area contributed by atoms with E-state index in [2.05, 4.69) is 0 Å². The maximum atomic E-state index is 10.5. The summed E-state index contributed by atoms with van der Waals surface area (Å²) in [5, 5.41) is 1.16. The lowest BCUT2D eigenvalue weighted by Crippen LogP contribution is -1.95. The van der Waals surface area contributed by atoms with Crippen molar-refractivity contribution in [2.24, 2.45) is 7.05 Å². The summed E-state index contributed by atoms with van der Waals surface area (Å²) in [7, 11) is 1.91. The fraction of sp³-hybridized carbons (Fsp3) is 0.375. The second kappa shape index (κ2) is 3.13. The number of aromatic nitrogens is 1.